The zero-order chi connectivity index (χ0) is 11.8. The van der Waals surface area contributed by atoms with Gasteiger partial charge in [-0.2, -0.15) is 0 Å². The van der Waals surface area contributed by atoms with Crippen molar-refractivity contribution in [3.63, 3.8) is 0 Å². The average molecular weight is 226 g/mol. The molecule has 0 atom stereocenters. The van der Waals surface area contributed by atoms with Gasteiger partial charge in [-0.25, -0.2) is 0 Å². The lowest BCUT2D eigenvalue weighted by Crippen LogP contribution is -1.86. The summed E-state index contributed by atoms with van der Waals surface area (Å²) in [5.41, 5.74) is 7.64. The molecule has 0 amide bonds. The second-order valence-electron chi connectivity index (χ2n) is 3.81. The van der Waals surface area contributed by atoms with Crippen molar-refractivity contribution in [2.75, 3.05) is 5.73 Å². The highest BCUT2D eigenvalue weighted by Crippen LogP contribution is 2.29. The van der Waals surface area contributed by atoms with Crippen LogP contribution in [-0.4, -0.2) is 10.1 Å². The summed E-state index contributed by atoms with van der Waals surface area (Å²) in [6.07, 6.45) is 1.63. The fourth-order valence-corrected chi connectivity index (χ4v) is 1.73. The first-order chi connectivity index (χ1) is 8.22. The molecule has 0 aliphatic heterocycles. The number of aromatic hydroxyl groups is 1. The number of benzene rings is 1. The zero-order valence-corrected chi connectivity index (χ0v) is 8.92. The Labute approximate surface area is 97.3 Å². The van der Waals surface area contributed by atoms with Crippen LogP contribution in [0, 0.1) is 0 Å². The molecule has 0 bridgehead atoms. The van der Waals surface area contributed by atoms with Crippen LogP contribution >= 0.6 is 0 Å². The van der Waals surface area contributed by atoms with Gasteiger partial charge < -0.3 is 15.3 Å². The van der Waals surface area contributed by atoms with Gasteiger partial charge in [0.15, 0.2) is 5.76 Å². The number of furan rings is 1. The van der Waals surface area contributed by atoms with Gasteiger partial charge in [-0.15, -0.1) is 0 Å². The molecule has 0 fully saturated rings. The number of rotatable bonds is 1. The molecule has 0 aliphatic rings. The van der Waals surface area contributed by atoms with E-state index in [0.717, 1.165) is 5.39 Å². The van der Waals surface area contributed by atoms with Crippen molar-refractivity contribution in [1.29, 1.82) is 0 Å². The molecule has 0 aliphatic carbocycles. The van der Waals surface area contributed by atoms with E-state index in [9.17, 15) is 5.11 Å². The molecule has 17 heavy (non-hydrogen) atoms. The van der Waals surface area contributed by atoms with Crippen molar-refractivity contribution in [2.24, 2.45) is 0 Å². The van der Waals surface area contributed by atoms with Gasteiger partial charge in [0.1, 0.15) is 17.0 Å². The fourth-order valence-electron chi connectivity index (χ4n) is 1.73. The first kappa shape index (κ1) is 9.72. The molecule has 2 aromatic heterocycles. The molecule has 84 valence electrons. The number of fused-ring (bicyclic) bond motifs is 1. The maximum atomic E-state index is 9.36. The van der Waals surface area contributed by atoms with Gasteiger partial charge in [0, 0.05) is 23.3 Å². The summed E-state index contributed by atoms with van der Waals surface area (Å²) < 4.78 is 5.61. The van der Waals surface area contributed by atoms with E-state index < -0.39 is 0 Å². The number of aromatic nitrogens is 1. The van der Waals surface area contributed by atoms with Crippen molar-refractivity contribution in [2.45, 2.75) is 0 Å². The van der Waals surface area contributed by atoms with E-state index in [1.165, 1.54) is 0 Å². The summed E-state index contributed by atoms with van der Waals surface area (Å²) in [5.74, 6) is 0.817. The van der Waals surface area contributed by atoms with Crippen LogP contribution in [0.15, 0.2) is 47.0 Å². The molecule has 0 radical (unpaired) electrons. The summed E-state index contributed by atoms with van der Waals surface area (Å²) >= 11 is 0. The van der Waals surface area contributed by atoms with Crippen molar-refractivity contribution >= 4 is 16.7 Å². The number of phenolic OH excluding ortho intramolecular Hbond substituents is 1. The van der Waals surface area contributed by atoms with Crippen LogP contribution in [0.25, 0.3) is 22.4 Å². The second kappa shape index (κ2) is 3.52. The highest BCUT2D eigenvalue weighted by atomic mass is 16.3. The summed E-state index contributed by atoms with van der Waals surface area (Å²) in [7, 11) is 0. The number of anilines is 1. The molecule has 0 unspecified atom stereocenters. The molecule has 0 saturated carbocycles. The number of phenols is 1. The molecular weight excluding hydrogens is 216 g/mol. The molecule has 3 rings (SSSR count). The van der Waals surface area contributed by atoms with Crippen LogP contribution in [-0.2, 0) is 0 Å². The van der Waals surface area contributed by atoms with Gasteiger partial charge in [0.2, 0.25) is 0 Å². The fraction of sp³-hybridized carbons (Fsp3) is 0. The third kappa shape index (κ3) is 1.69. The minimum atomic E-state index is 0.180. The van der Waals surface area contributed by atoms with E-state index in [0.29, 0.717) is 22.7 Å². The molecule has 2 heterocycles. The minimum absolute atomic E-state index is 0.180. The Bertz CT molecular complexity index is 689. The SMILES string of the molecule is Nc1ccnc(-c2cc3ccc(O)cc3o2)c1. The van der Waals surface area contributed by atoms with Gasteiger partial charge in [-0.3, -0.25) is 4.98 Å². The predicted molar refractivity (Wildman–Crippen MR) is 65.5 cm³/mol. The number of nitrogen functional groups attached to an aromatic ring is 1. The van der Waals surface area contributed by atoms with E-state index in [2.05, 4.69) is 4.98 Å². The Morgan fingerprint density at radius 2 is 2.00 bits per heavy atom. The largest absolute Gasteiger partial charge is 0.508 e. The zero-order valence-electron chi connectivity index (χ0n) is 8.92. The van der Waals surface area contributed by atoms with E-state index in [1.54, 1.807) is 36.5 Å². The van der Waals surface area contributed by atoms with Crippen LogP contribution in [0.5, 0.6) is 5.75 Å². The molecule has 3 N–H and O–H groups in total. The van der Waals surface area contributed by atoms with E-state index >= 15 is 0 Å². The highest BCUT2D eigenvalue weighted by Gasteiger charge is 2.07. The van der Waals surface area contributed by atoms with Crippen LogP contribution in [0.4, 0.5) is 5.69 Å². The Morgan fingerprint density at radius 1 is 1.12 bits per heavy atom. The topological polar surface area (TPSA) is 72.3 Å². The maximum absolute atomic E-state index is 9.36. The number of pyridine rings is 1. The molecule has 0 spiro atoms. The second-order valence-corrected chi connectivity index (χ2v) is 3.81. The first-order valence-electron chi connectivity index (χ1n) is 5.17. The molecule has 4 nitrogen and oxygen atoms in total. The molecule has 1 aromatic carbocycles. The van der Waals surface area contributed by atoms with Gasteiger partial charge in [0.05, 0.1) is 0 Å². The number of nitrogens with two attached hydrogens (primary N) is 1. The molecule has 4 heteroatoms. The standard InChI is InChI=1S/C13H10N2O2/c14-9-3-4-15-11(6-9)13-5-8-1-2-10(16)7-12(8)17-13/h1-7,16H,(H2,14,15). The Morgan fingerprint density at radius 3 is 2.82 bits per heavy atom. The number of nitrogens with zero attached hydrogens (tertiary/aromatic N) is 1. The molecular formula is C13H10N2O2. The summed E-state index contributed by atoms with van der Waals surface area (Å²) in [4.78, 5) is 4.19. The Balaban J connectivity index is 2.18. The summed E-state index contributed by atoms with van der Waals surface area (Å²) in [6.45, 7) is 0. The summed E-state index contributed by atoms with van der Waals surface area (Å²) in [6, 6.07) is 10.3. The van der Waals surface area contributed by atoms with Gasteiger partial charge in [-0.05, 0) is 30.3 Å². The van der Waals surface area contributed by atoms with Gasteiger partial charge in [0.25, 0.3) is 0 Å². The van der Waals surface area contributed by atoms with E-state index in [-0.39, 0.29) is 5.75 Å². The summed E-state index contributed by atoms with van der Waals surface area (Å²) in [5, 5.41) is 10.3. The third-order valence-corrected chi connectivity index (χ3v) is 2.54. The molecule has 3 aromatic rings. The van der Waals surface area contributed by atoms with Crippen LogP contribution in [0.1, 0.15) is 0 Å². The van der Waals surface area contributed by atoms with Gasteiger partial charge in [-0.1, -0.05) is 0 Å². The Hall–Kier alpha value is -2.49. The Kier molecular flexibility index (Phi) is 2.01. The van der Waals surface area contributed by atoms with E-state index in [4.69, 9.17) is 10.2 Å². The first-order valence-corrected chi connectivity index (χ1v) is 5.17. The number of hydrogen-bond donors (Lipinski definition) is 2. The monoisotopic (exact) mass is 226 g/mol. The van der Waals surface area contributed by atoms with E-state index in [1.807, 2.05) is 6.07 Å². The smallest absolute Gasteiger partial charge is 0.153 e. The number of hydrogen-bond acceptors (Lipinski definition) is 4. The van der Waals surface area contributed by atoms with Crippen LogP contribution in [0.2, 0.25) is 0 Å². The van der Waals surface area contributed by atoms with Crippen molar-refractivity contribution < 1.29 is 9.52 Å². The maximum Gasteiger partial charge on any atom is 0.153 e. The normalized spacial score (nSPS) is 10.8. The minimum Gasteiger partial charge on any atom is -0.508 e. The van der Waals surface area contributed by atoms with Crippen LogP contribution in [0.3, 0.4) is 0 Å². The van der Waals surface area contributed by atoms with Gasteiger partial charge >= 0.3 is 0 Å². The predicted octanol–water partition coefficient (Wildman–Crippen LogP) is 2.78. The van der Waals surface area contributed by atoms with Crippen molar-refractivity contribution in [3.8, 4) is 17.2 Å². The molecule has 0 saturated heterocycles. The van der Waals surface area contributed by atoms with Crippen LogP contribution < -0.4 is 5.73 Å². The lowest BCUT2D eigenvalue weighted by Gasteiger charge is -1.96. The lowest BCUT2D eigenvalue weighted by atomic mass is 10.2. The van der Waals surface area contributed by atoms with Crippen molar-refractivity contribution in [3.05, 3.63) is 42.6 Å². The third-order valence-electron chi connectivity index (χ3n) is 2.54. The lowest BCUT2D eigenvalue weighted by molar-refractivity contribution is 0.474. The highest BCUT2D eigenvalue weighted by molar-refractivity contribution is 5.83. The quantitative estimate of drug-likeness (QED) is 0.669. The van der Waals surface area contributed by atoms with Crippen molar-refractivity contribution in [1.82, 2.24) is 4.98 Å². The average Bonchev–Trinajstić information content (AvgIpc) is 2.72.